The predicted molar refractivity (Wildman–Crippen MR) is 123 cm³/mol. The molecular weight excluding hydrogens is 390 g/mol. The Morgan fingerprint density at radius 1 is 1.33 bits per heavy atom. The van der Waals surface area contributed by atoms with Crippen molar-refractivity contribution in [2.24, 2.45) is 11.3 Å². The minimum atomic E-state index is 0.0674. The normalized spacial score (nSPS) is 16.6. The van der Waals surface area contributed by atoms with E-state index in [1.54, 1.807) is 17.4 Å². The SMILES string of the molecule is CC(C)c1nc2sc3c(c2c(=O)n1Cc1cccc(C#N)c1)CCC(C(C)(C)C)C3. The Bertz CT molecular complexity index is 1200. The molecule has 4 rings (SSSR count). The van der Waals surface area contributed by atoms with Crippen LogP contribution >= 0.6 is 11.3 Å². The van der Waals surface area contributed by atoms with E-state index >= 15 is 0 Å². The van der Waals surface area contributed by atoms with Crippen LogP contribution in [0.25, 0.3) is 10.2 Å². The van der Waals surface area contributed by atoms with Crippen LogP contribution in [0.1, 0.15) is 74.3 Å². The molecule has 4 nitrogen and oxygen atoms in total. The van der Waals surface area contributed by atoms with E-state index in [0.717, 1.165) is 40.9 Å². The van der Waals surface area contributed by atoms with Gasteiger partial charge in [0, 0.05) is 10.8 Å². The lowest BCUT2D eigenvalue weighted by Gasteiger charge is -2.33. The zero-order chi connectivity index (χ0) is 21.6. The van der Waals surface area contributed by atoms with E-state index in [4.69, 9.17) is 4.98 Å². The first kappa shape index (κ1) is 20.8. The Morgan fingerprint density at radius 2 is 2.10 bits per heavy atom. The lowest BCUT2D eigenvalue weighted by molar-refractivity contribution is 0.218. The summed E-state index contributed by atoms with van der Waals surface area (Å²) in [5, 5.41) is 10.0. The number of hydrogen-bond donors (Lipinski definition) is 0. The molecule has 0 amide bonds. The lowest BCUT2D eigenvalue weighted by atomic mass is 9.72. The van der Waals surface area contributed by atoms with E-state index in [1.807, 2.05) is 22.8 Å². The summed E-state index contributed by atoms with van der Waals surface area (Å²) < 4.78 is 1.83. The highest BCUT2D eigenvalue weighted by molar-refractivity contribution is 7.18. The highest BCUT2D eigenvalue weighted by Gasteiger charge is 2.32. The van der Waals surface area contributed by atoms with Crippen LogP contribution in [0.3, 0.4) is 0 Å². The van der Waals surface area contributed by atoms with Gasteiger partial charge in [-0.1, -0.05) is 46.8 Å². The maximum absolute atomic E-state index is 13.7. The van der Waals surface area contributed by atoms with Gasteiger partial charge in [0.15, 0.2) is 0 Å². The van der Waals surface area contributed by atoms with Gasteiger partial charge in [-0.25, -0.2) is 4.98 Å². The average molecular weight is 420 g/mol. The molecule has 0 spiro atoms. The molecule has 2 heterocycles. The van der Waals surface area contributed by atoms with Crippen LogP contribution in [0, 0.1) is 22.7 Å². The molecule has 3 aromatic rings. The van der Waals surface area contributed by atoms with Crippen molar-refractivity contribution in [3.63, 3.8) is 0 Å². The van der Waals surface area contributed by atoms with E-state index in [2.05, 4.69) is 40.7 Å². The topological polar surface area (TPSA) is 58.7 Å². The number of nitrogens with zero attached hydrogens (tertiary/aromatic N) is 3. The van der Waals surface area contributed by atoms with Crippen molar-refractivity contribution in [3.05, 3.63) is 62.0 Å². The molecule has 156 valence electrons. The number of benzene rings is 1. The molecule has 0 aliphatic heterocycles. The fraction of sp³-hybridized carbons (Fsp3) is 0.480. The largest absolute Gasteiger partial charge is 0.291 e. The summed E-state index contributed by atoms with van der Waals surface area (Å²) >= 11 is 1.72. The fourth-order valence-electron chi connectivity index (χ4n) is 4.53. The van der Waals surface area contributed by atoms with Crippen molar-refractivity contribution in [2.75, 3.05) is 0 Å². The second-order valence-electron chi connectivity index (χ2n) is 9.82. The first-order valence-corrected chi connectivity index (χ1v) is 11.5. The van der Waals surface area contributed by atoms with Gasteiger partial charge < -0.3 is 0 Å². The standard InChI is InChI=1S/C25H29N3OS/c1-15(2)22-27-23-21(19-10-9-18(25(3,4)5)12-20(19)30-23)24(29)28(22)14-17-8-6-7-16(11-17)13-26/h6-8,11,15,18H,9-10,12,14H2,1-5H3. The summed E-state index contributed by atoms with van der Waals surface area (Å²) in [7, 11) is 0. The Kier molecular flexibility index (Phi) is 5.32. The van der Waals surface area contributed by atoms with Gasteiger partial charge in [0.1, 0.15) is 10.7 Å². The van der Waals surface area contributed by atoms with Crippen LogP contribution in [0.4, 0.5) is 0 Å². The minimum Gasteiger partial charge on any atom is -0.291 e. The zero-order valence-electron chi connectivity index (χ0n) is 18.5. The van der Waals surface area contributed by atoms with Gasteiger partial charge >= 0.3 is 0 Å². The fourth-order valence-corrected chi connectivity index (χ4v) is 5.83. The molecular formula is C25H29N3OS. The number of aromatic nitrogens is 2. The summed E-state index contributed by atoms with van der Waals surface area (Å²) in [6.07, 6.45) is 3.12. The summed E-state index contributed by atoms with van der Waals surface area (Å²) in [4.78, 5) is 20.9. The summed E-state index contributed by atoms with van der Waals surface area (Å²) in [6.45, 7) is 11.5. The minimum absolute atomic E-state index is 0.0674. The summed E-state index contributed by atoms with van der Waals surface area (Å²) in [5.74, 6) is 1.60. The molecule has 0 radical (unpaired) electrons. The van der Waals surface area contributed by atoms with Crippen molar-refractivity contribution in [3.8, 4) is 6.07 Å². The number of rotatable bonds is 3. The Labute approximate surface area is 182 Å². The molecule has 0 saturated heterocycles. The van der Waals surface area contributed by atoms with E-state index in [-0.39, 0.29) is 16.9 Å². The Morgan fingerprint density at radius 3 is 2.77 bits per heavy atom. The molecule has 1 aliphatic rings. The second kappa shape index (κ2) is 7.67. The van der Waals surface area contributed by atoms with E-state index < -0.39 is 0 Å². The molecule has 0 saturated carbocycles. The van der Waals surface area contributed by atoms with Crippen molar-refractivity contribution >= 4 is 21.6 Å². The maximum Gasteiger partial charge on any atom is 0.262 e. The van der Waals surface area contributed by atoms with Gasteiger partial charge in [-0.15, -0.1) is 11.3 Å². The molecule has 0 fully saturated rings. The monoisotopic (exact) mass is 419 g/mol. The summed E-state index contributed by atoms with van der Waals surface area (Å²) in [6, 6.07) is 9.68. The van der Waals surface area contributed by atoms with Gasteiger partial charge in [0.2, 0.25) is 0 Å². The quantitative estimate of drug-likeness (QED) is 0.551. The molecule has 1 aromatic carbocycles. The van der Waals surface area contributed by atoms with Crippen LogP contribution in [-0.4, -0.2) is 9.55 Å². The molecule has 0 N–H and O–H groups in total. The average Bonchev–Trinajstić information content (AvgIpc) is 3.07. The molecule has 1 unspecified atom stereocenters. The third-order valence-corrected chi connectivity index (χ3v) is 7.48. The molecule has 5 heteroatoms. The molecule has 30 heavy (non-hydrogen) atoms. The number of nitriles is 1. The molecule has 1 atom stereocenters. The lowest BCUT2D eigenvalue weighted by Crippen LogP contribution is -2.28. The van der Waals surface area contributed by atoms with E-state index in [0.29, 0.717) is 18.0 Å². The predicted octanol–water partition coefficient (Wildman–Crippen LogP) is 5.65. The van der Waals surface area contributed by atoms with Gasteiger partial charge in [-0.05, 0) is 53.9 Å². The van der Waals surface area contributed by atoms with Crippen molar-refractivity contribution < 1.29 is 0 Å². The molecule has 1 aliphatic carbocycles. The highest BCUT2D eigenvalue weighted by atomic mass is 32.1. The van der Waals surface area contributed by atoms with Gasteiger partial charge in [-0.3, -0.25) is 9.36 Å². The van der Waals surface area contributed by atoms with Gasteiger partial charge in [-0.2, -0.15) is 5.26 Å². The van der Waals surface area contributed by atoms with Gasteiger partial charge in [0.05, 0.1) is 23.6 Å². The third kappa shape index (κ3) is 3.70. The molecule has 0 bridgehead atoms. The maximum atomic E-state index is 13.7. The van der Waals surface area contributed by atoms with Crippen LogP contribution in [-0.2, 0) is 19.4 Å². The smallest absolute Gasteiger partial charge is 0.262 e. The van der Waals surface area contributed by atoms with Crippen molar-refractivity contribution in [2.45, 2.75) is 66.3 Å². The summed E-state index contributed by atoms with van der Waals surface area (Å²) in [5.41, 5.74) is 3.13. The third-order valence-electron chi connectivity index (χ3n) is 6.34. The number of thiophene rings is 1. The number of fused-ring (bicyclic) bond motifs is 3. The van der Waals surface area contributed by atoms with Crippen molar-refractivity contribution in [1.82, 2.24) is 9.55 Å². The first-order chi connectivity index (χ1) is 14.2. The van der Waals surface area contributed by atoms with Crippen molar-refractivity contribution in [1.29, 1.82) is 5.26 Å². The Hall–Kier alpha value is -2.45. The van der Waals surface area contributed by atoms with Gasteiger partial charge in [0.25, 0.3) is 5.56 Å². The Balaban J connectivity index is 1.85. The van der Waals surface area contributed by atoms with Crippen LogP contribution in [0.15, 0.2) is 29.1 Å². The second-order valence-corrected chi connectivity index (χ2v) is 10.9. The van der Waals surface area contributed by atoms with Crippen LogP contribution < -0.4 is 5.56 Å². The number of hydrogen-bond acceptors (Lipinski definition) is 4. The van der Waals surface area contributed by atoms with Crippen LogP contribution in [0.5, 0.6) is 0 Å². The highest BCUT2D eigenvalue weighted by Crippen LogP contribution is 2.42. The van der Waals surface area contributed by atoms with E-state index in [1.165, 1.54) is 10.4 Å². The van der Waals surface area contributed by atoms with Crippen LogP contribution in [0.2, 0.25) is 0 Å². The van der Waals surface area contributed by atoms with E-state index in [9.17, 15) is 10.1 Å². The number of aryl methyl sites for hydroxylation is 1. The molecule has 2 aromatic heterocycles. The first-order valence-electron chi connectivity index (χ1n) is 10.7. The zero-order valence-corrected chi connectivity index (χ0v) is 19.3.